The molecule has 68 valence electrons. The Hall–Kier alpha value is -0.590. The van der Waals surface area contributed by atoms with E-state index in [0.29, 0.717) is 6.04 Å². The Labute approximate surface area is 74.4 Å². The second kappa shape index (κ2) is 4.44. The van der Waals surface area contributed by atoms with E-state index in [9.17, 15) is 0 Å². The molecule has 0 aromatic rings. The van der Waals surface area contributed by atoms with Crippen molar-refractivity contribution in [2.75, 3.05) is 27.2 Å². The average molecular weight is 167 g/mol. The van der Waals surface area contributed by atoms with E-state index < -0.39 is 0 Å². The van der Waals surface area contributed by atoms with Gasteiger partial charge in [0.05, 0.1) is 12.0 Å². The van der Waals surface area contributed by atoms with Crippen molar-refractivity contribution in [1.29, 1.82) is 5.26 Å². The number of nitrogens with zero attached hydrogens (tertiary/aromatic N) is 2. The molecule has 1 fully saturated rings. The summed E-state index contributed by atoms with van der Waals surface area (Å²) in [5, 5.41) is 12.0. The Kier molecular flexibility index (Phi) is 3.51. The first-order valence-corrected chi connectivity index (χ1v) is 4.50. The third-order valence-corrected chi connectivity index (χ3v) is 2.33. The van der Waals surface area contributed by atoms with Gasteiger partial charge in [-0.2, -0.15) is 5.26 Å². The minimum absolute atomic E-state index is 0.247. The maximum absolute atomic E-state index is 8.66. The Morgan fingerprint density at radius 1 is 1.58 bits per heavy atom. The molecule has 0 saturated carbocycles. The molecular formula is C9H17N3. The van der Waals surface area contributed by atoms with Crippen LogP contribution in [-0.2, 0) is 0 Å². The van der Waals surface area contributed by atoms with Crippen LogP contribution < -0.4 is 5.32 Å². The van der Waals surface area contributed by atoms with Gasteiger partial charge in [0.25, 0.3) is 0 Å². The van der Waals surface area contributed by atoms with Crippen molar-refractivity contribution >= 4 is 0 Å². The minimum atomic E-state index is 0.247. The molecule has 1 aliphatic rings. The first-order valence-electron chi connectivity index (χ1n) is 4.50. The van der Waals surface area contributed by atoms with Crippen LogP contribution in [0.3, 0.4) is 0 Å². The van der Waals surface area contributed by atoms with Crippen LogP contribution in [0.5, 0.6) is 0 Å². The molecule has 12 heavy (non-hydrogen) atoms. The molecule has 0 spiro atoms. The maximum Gasteiger partial charge on any atom is 0.0669 e. The molecule has 3 heteroatoms. The molecule has 2 atom stereocenters. The average Bonchev–Trinajstić information content (AvgIpc) is 2.48. The van der Waals surface area contributed by atoms with Crippen LogP contribution in [0.4, 0.5) is 0 Å². The van der Waals surface area contributed by atoms with Gasteiger partial charge in [-0.05, 0) is 33.5 Å². The Morgan fingerprint density at radius 3 is 2.83 bits per heavy atom. The SMILES string of the molecule is CN(C)CCC1CC(C#N)CN1. The highest BCUT2D eigenvalue weighted by Gasteiger charge is 2.22. The molecular weight excluding hydrogens is 150 g/mol. The van der Waals surface area contributed by atoms with Crippen LogP contribution in [0.15, 0.2) is 0 Å². The highest BCUT2D eigenvalue weighted by Crippen LogP contribution is 2.15. The van der Waals surface area contributed by atoms with Crippen molar-refractivity contribution in [1.82, 2.24) is 10.2 Å². The summed E-state index contributed by atoms with van der Waals surface area (Å²) >= 11 is 0. The van der Waals surface area contributed by atoms with E-state index in [2.05, 4.69) is 30.4 Å². The van der Waals surface area contributed by atoms with Crippen LogP contribution in [0.2, 0.25) is 0 Å². The highest BCUT2D eigenvalue weighted by atomic mass is 15.1. The summed E-state index contributed by atoms with van der Waals surface area (Å²) in [5.74, 6) is 0.247. The highest BCUT2D eigenvalue weighted by molar-refractivity contribution is 4.93. The molecule has 1 heterocycles. The van der Waals surface area contributed by atoms with Crippen LogP contribution in [0.25, 0.3) is 0 Å². The lowest BCUT2D eigenvalue weighted by atomic mass is 10.1. The molecule has 0 radical (unpaired) electrons. The summed E-state index contributed by atoms with van der Waals surface area (Å²) in [6.07, 6.45) is 2.19. The Balaban J connectivity index is 2.16. The fourth-order valence-electron chi connectivity index (χ4n) is 1.55. The molecule has 1 saturated heterocycles. The third kappa shape index (κ3) is 2.80. The summed E-state index contributed by atoms with van der Waals surface area (Å²) in [6, 6.07) is 2.87. The zero-order valence-electron chi connectivity index (χ0n) is 7.88. The second-order valence-corrected chi connectivity index (χ2v) is 3.76. The van der Waals surface area contributed by atoms with Crippen molar-refractivity contribution in [3.8, 4) is 6.07 Å². The van der Waals surface area contributed by atoms with Crippen molar-refractivity contribution in [2.24, 2.45) is 5.92 Å². The molecule has 0 bridgehead atoms. The van der Waals surface area contributed by atoms with Gasteiger partial charge >= 0.3 is 0 Å². The van der Waals surface area contributed by atoms with E-state index in [1.807, 2.05) is 0 Å². The molecule has 1 rings (SSSR count). The van der Waals surface area contributed by atoms with Crippen molar-refractivity contribution < 1.29 is 0 Å². The smallest absolute Gasteiger partial charge is 0.0669 e. The van der Waals surface area contributed by atoms with Crippen molar-refractivity contribution in [2.45, 2.75) is 18.9 Å². The van der Waals surface area contributed by atoms with Gasteiger partial charge < -0.3 is 10.2 Å². The van der Waals surface area contributed by atoms with Crippen LogP contribution in [0.1, 0.15) is 12.8 Å². The number of nitrogens with one attached hydrogen (secondary N) is 1. The van der Waals surface area contributed by atoms with E-state index in [1.165, 1.54) is 0 Å². The van der Waals surface area contributed by atoms with Gasteiger partial charge in [-0.3, -0.25) is 0 Å². The van der Waals surface area contributed by atoms with Crippen LogP contribution in [-0.4, -0.2) is 38.1 Å². The number of hydrogen-bond acceptors (Lipinski definition) is 3. The maximum atomic E-state index is 8.66. The van der Waals surface area contributed by atoms with Gasteiger partial charge in [0.15, 0.2) is 0 Å². The second-order valence-electron chi connectivity index (χ2n) is 3.76. The summed E-state index contributed by atoms with van der Waals surface area (Å²) in [7, 11) is 4.16. The fraction of sp³-hybridized carbons (Fsp3) is 0.889. The number of hydrogen-bond donors (Lipinski definition) is 1. The van der Waals surface area contributed by atoms with Gasteiger partial charge in [0, 0.05) is 12.6 Å². The normalized spacial score (nSPS) is 29.2. The predicted molar refractivity (Wildman–Crippen MR) is 48.7 cm³/mol. The van der Waals surface area contributed by atoms with E-state index in [1.54, 1.807) is 0 Å². The molecule has 0 amide bonds. The first-order chi connectivity index (χ1) is 5.72. The lowest BCUT2D eigenvalue weighted by Crippen LogP contribution is -2.26. The van der Waals surface area contributed by atoms with Gasteiger partial charge in [0.1, 0.15) is 0 Å². The van der Waals surface area contributed by atoms with E-state index in [-0.39, 0.29) is 5.92 Å². The zero-order chi connectivity index (χ0) is 8.97. The van der Waals surface area contributed by atoms with E-state index >= 15 is 0 Å². The van der Waals surface area contributed by atoms with Gasteiger partial charge in [-0.15, -0.1) is 0 Å². The summed E-state index contributed by atoms with van der Waals surface area (Å²) in [4.78, 5) is 2.18. The predicted octanol–water partition coefficient (Wildman–Crippen LogP) is 0.440. The Morgan fingerprint density at radius 2 is 2.33 bits per heavy atom. The third-order valence-electron chi connectivity index (χ3n) is 2.33. The van der Waals surface area contributed by atoms with Crippen molar-refractivity contribution in [3.05, 3.63) is 0 Å². The quantitative estimate of drug-likeness (QED) is 0.663. The van der Waals surface area contributed by atoms with Gasteiger partial charge in [0.2, 0.25) is 0 Å². The number of rotatable bonds is 3. The summed E-state index contributed by atoms with van der Waals surface area (Å²) in [6.45, 7) is 1.99. The summed E-state index contributed by atoms with van der Waals surface area (Å²) < 4.78 is 0. The molecule has 1 aliphatic heterocycles. The molecule has 0 aromatic carbocycles. The van der Waals surface area contributed by atoms with Crippen LogP contribution >= 0.6 is 0 Å². The lowest BCUT2D eigenvalue weighted by molar-refractivity contribution is 0.370. The van der Waals surface area contributed by atoms with Crippen LogP contribution in [0, 0.1) is 17.2 Å². The van der Waals surface area contributed by atoms with Crippen molar-refractivity contribution in [3.63, 3.8) is 0 Å². The van der Waals surface area contributed by atoms with E-state index in [4.69, 9.17) is 5.26 Å². The first kappa shape index (κ1) is 9.50. The number of nitriles is 1. The minimum Gasteiger partial charge on any atom is -0.313 e. The van der Waals surface area contributed by atoms with E-state index in [0.717, 1.165) is 25.9 Å². The molecule has 1 N–H and O–H groups in total. The molecule has 0 aromatic heterocycles. The molecule has 3 nitrogen and oxygen atoms in total. The zero-order valence-corrected chi connectivity index (χ0v) is 7.88. The molecule has 2 unspecified atom stereocenters. The largest absolute Gasteiger partial charge is 0.313 e. The fourth-order valence-corrected chi connectivity index (χ4v) is 1.55. The van der Waals surface area contributed by atoms with Gasteiger partial charge in [-0.25, -0.2) is 0 Å². The monoisotopic (exact) mass is 167 g/mol. The topological polar surface area (TPSA) is 39.1 Å². The van der Waals surface area contributed by atoms with Gasteiger partial charge in [-0.1, -0.05) is 0 Å². The summed E-state index contributed by atoms with van der Waals surface area (Å²) in [5.41, 5.74) is 0. The molecule has 0 aliphatic carbocycles. The standard InChI is InChI=1S/C9H17N3/c1-12(2)4-3-9-5-8(6-10)7-11-9/h8-9,11H,3-5,7H2,1-2H3. The lowest BCUT2D eigenvalue weighted by Gasteiger charge is -2.13. The Bertz CT molecular complexity index is 171.